The van der Waals surface area contributed by atoms with Gasteiger partial charge in [0, 0.05) is 6.04 Å². The van der Waals surface area contributed by atoms with E-state index in [1.165, 1.54) is 62.5 Å². The van der Waals surface area contributed by atoms with Crippen LogP contribution in [0, 0.1) is 0 Å². The Morgan fingerprint density at radius 1 is 1.10 bits per heavy atom. The van der Waals surface area contributed by atoms with E-state index in [1.807, 2.05) is 0 Å². The van der Waals surface area contributed by atoms with Crippen molar-refractivity contribution in [3.63, 3.8) is 0 Å². The van der Waals surface area contributed by atoms with Crippen LogP contribution in [0.5, 0.6) is 5.75 Å². The van der Waals surface area contributed by atoms with E-state index in [2.05, 4.69) is 25.1 Å². The summed E-state index contributed by atoms with van der Waals surface area (Å²) in [5.41, 5.74) is 8.91. The molecule has 0 saturated heterocycles. The molecule has 1 aliphatic carbocycles. The number of unbranched alkanes of at least 4 members (excludes halogenated alkanes) is 6. The van der Waals surface area contributed by atoms with Gasteiger partial charge in [-0.2, -0.15) is 0 Å². The molecular weight excluding hydrogens is 258 g/mol. The van der Waals surface area contributed by atoms with Gasteiger partial charge in [-0.25, -0.2) is 0 Å². The zero-order valence-electron chi connectivity index (χ0n) is 13.6. The first-order valence-corrected chi connectivity index (χ1v) is 8.82. The van der Waals surface area contributed by atoms with Crippen LogP contribution in [0.15, 0.2) is 18.2 Å². The maximum atomic E-state index is 6.19. The topological polar surface area (TPSA) is 35.2 Å². The van der Waals surface area contributed by atoms with Gasteiger partial charge in [0.2, 0.25) is 0 Å². The molecule has 0 amide bonds. The molecule has 0 aromatic heterocycles. The number of ether oxygens (including phenoxy) is 1. The molecule has 1 aromatic carbocycles. The van der Waals surface area contributed by atoms with E-state index in [-0.39, 0.29) is 6.04 Å². The molecule has 2 nitrogen and oxygen atoms in total. The molecule has 1 atom stereocenters. The Morgan fingerprint density at radius 2 is 1.86 bits per heavy atom. The van der Waals surface area contributed by atoms with E-state index >= 15 is 0 Å². The highest BCUT2D eigenvalue weighted by Crippen LogP contribution is 2.30. The molecule has 2 N–H and O–H groups in total. The number of hydrogen-bond acceptors (Lipinski definition) is 2. The minimum atomic E-state index is 0.205. The monoisotopic (exact) mass is 289 g/mol. The Labute approximate surface area is 130 Å². The van der Waals surface area contributed by atoms with Crippen LogP contribution < -0.4 is 10.5 Å². The van der Waals surface area contributed by atoms with E-state index < -0.39 is 0 Å². The molecule has 0 radical (unpaired) electrons. The Kier molecular flexibility index (Phi) is 7.08. The van der Waals surface area contributed by atoms with Gasteiger partial charge in [0.1, 0.15) is 5.75 Å². The molecule has 2 heteroatoms. The van der Waals surface area contributed by atoms with Gasteiger partial charge >= 0.3 is 0 Å². The van der Waals surface area contributed by atoms with Gasteiger partial charge in [-0.05, 0) is 48.9 Å². The Bertz CT molecular complexity index is 416. The maximum absolute atomic E-state index is 6.19. The predicted octanol–water partition coefficient (Wildman–Crippen LogP) is 5.15. The van der Waals surface area contributed by atoms with Crippen molar-refractivity contribution in [1.82, 2.24) is 0 Å². The lowest BCUT2D eigenvalue weighted by molar-refractivity contribution is 0.303. The lowest BCUT2D eigenvalue weighted by atomic mass is 9.88. The van der Waals surface area contributed by atoms with Crippen molar-refractivity contribution < 1.29 is 4.74 Å². The van der Waals surface area contributed by atoms with Crippen molar-refractivity contribution in [2.45, 2.75) is 77.2 Å². The van der Waals surface area contributed by atoms with E-state index in [0.717, 1.165) is 25.2 Å². The van der Waals surface area contributed by atoms with E-state index in [4.69, 9.17) is 10.5 Å². The number of benzene rings is 1. The van der Waals surface area contributed by atoms with E-state index in [0.29, 0.717) is 0 Å². The number of nitrogens with two attached hydrogens (primary N) is 1. The summed E-state index contributed by atoms with van der Waals surface area (Å²) in [6.07, 6.45) is 12.8. The van der Waals surface area contributed by atoms with E-state index in [9.17, 15) is 0 Å². The highest BCUT2D eigenvalue weighted by atomic mass is 16.5. The van der Waals surface area contributed by atoms with Crippen LogP contribution in [0.2, 0.25) is 0 Å². The zero-order valence-corrected chi connectivity index (χ0v) is 13.6. The lowest BCUT2D eigenvalue weighted by Gasteiger charge is -2.22. The Balaban J connectivity index is 1.66. The molecule has 118 valence electrons. The molecule has 0 bridgehead atoms. The summed E-state index contributed by atoms with van der Waals surface area (Å²) in [5, 5.41) is 0. The zero-order chi connectivity index (χ0) is 14.9. The van der Waals surface area contributed by atoms with Crippen LogP contribution in [0.1, 0.15) is 81.9 Å². The van der Waals surface area contributed by atoms with Gasteiger partial charge in [-0.1, -0.05) is 51.5 Å². The van der Waals surface area contributed by atoms with Crippen LogP contribution in [0.4, 0.5) is 0 Å². The van der Waals surface area contributed by atoms with Crippen molar-refractivity contribution >= 4 is 0 Å². The van der Waals surface area contributed by atoms with Crippen LogP contribution >= 0.6 is 0 Å². The molecular formula is C19H31NO. The molecule has 0 saturated carbocycles. The van der Waals surface area contributed by atoms with Crippen molar-refractivity contribution in [2.24, 2.45) is 5.73 Å². The molecule has 1 aliphatic rings. The first-order valence-electron chi connectivity index (χ1n) is 8.82. The normalized spacial score (nSPS) is 17.5. The molecule has 2 rings (SSSR count). The smallest absolute Gasteiger partial charge is 0.119 e. The fraction of sp³-hybridized carbons (Fsp3) is 0.684. The number of rotatable bonds is 9. The van der Waals surface area contributed by atoms with Crippen molar-refractivity contribution in [1.29, 1.82) is 0 Å². The van der Waals surface area contributed by atoms with Gasteiger partial charge in [0.25, 0.3) is 0 Å². The summed E-state index contributed by atoms with van der Waals surface area (Å²) in [4.78, 5) is 0. The molecule has 1 aromatic rings. The van der Waals surface area contributed by atoms with Crippen molar-refractivity contribution in [3.05, 3.63) is 29.3 Å². The van der Waals surface area contributed by atoms with Gasteiger partial charge in [0.15, 0.2) is 0 Å². The molecule has 21 heavy (non-hydrogen) atoms. The second-order valence-electron chi connectivity index (χ2n) is 6.33. The standard InChI is InChI=1S/C19H31NO/c1-2-3-4-5-6-7-8-14-21-17-13-12-16-10-9-11-19(20)18(16)15-17/h12-13,15,19H,2-11,14,20H2,1H3. The first kappa shape index (κ1) is 16.4. The van der Waals surface area contributed by atoms with Crippen LogP contribution in [0.3, 0.4) is 0 Å². The average Bonchev–Trinajstić information content (AvgIpc) is 2.51. The van der Waals surface area contributed by atoms with Gasteiger partial charge in [-0.15, -0.1) is 0 Å². The third kappa shape index (κ3) is 5.35. The predicted molar refractivity (Wildman–Crippen MR) is 89.8 cm³/mol. The number of hydrogen-bond donors (Lipinski definition) is 1. The van der Waals surface area contributed by atoms with Crippen molar-refractivity contribution in [2.75, 3.05) is 6.61 Å². The Hall–Kier alpha value is -1.02. The third-order valence-electron chi connectivity index (χ3n) is 4.49. The van der Waals surface area contributed by atoms with Gasteiger partial charge < -0.3 is 10.5 Å². The maximum Gasteiger partial charge on any atom is 0.119 e. The summed E-state index contributed by atoms with van der Waals surface area (Å²) in [6.45, 7) is 3.10. The summed E-state index contributed by atoms with van der Waals surface area (Å²) in [5.74, 6) is 0.997. The number of fused-ring (bicyclic) bond motifs is 1. The highest BCUT2D eigenvalue weighted by molar-refractivity contribution is 5.39. The minimum absolute atomic E-state index is 0.205. The quantitative estimate of drug-likeness (QED) is 0.638. The second kappa shape index (κ2) is 9.09. The van der Waals surface area contributed by atoms with Crippen LogP contribution in [0.25, 0.3) is 0 Å². The SMILES string of the molecule is CCCCCCCCCOc1ccc2c(c1)C(N)CCC2. The second-order valence-corrected chi connectivity index (χ2v) is 6.33. The summed E-state index contributed by atoms with van der Waals surface area (Å²) < 4.78 is 5.89. The van der Waals surface area contributed by atoms with E-state index in [1.54, 1.807) is 0 Å². The largest absolute Gasteiger partial charge is 0.494 e. The van der Waals surface area contributed by atoms with Crippen LogP contribution in [-0.2, 0) is 6.42 Å². The van der Waals surface area contributed by atoms with Crippen LogP contribution in [-0.4, -0.2) is 6.61 Å². The molecule has 1 unspecified atom stereocenters. The average molecular weight is 289 g/mol. The van der Waals surface area contributed by atoms with Gasteiger partial charge in [0.05, 0.1) is 6.61 Å². The van der Waals surface area contributed by atoms with Crippen molar-refractivity contribution in [3.8, 4) is 5.75 Å². The fourth-order valence-corrected chi connectivity index (χ4v) is 3.15. The molecule has 0 fully saturated rings. The molecule has 0 spiro atoms. The minimum Gasteiger partial charge on any atom is -0.494 e. The summed E-state index contributed by atoms with van der Waals surface area (Å²) in [6, 6.07) is 6.68. The van der Waals surface area contributed by atoms with Gasteiger partial charge in [-0.3, -0.25) is 0 Å². The first-order chi connectivity index (χ1) is 10.3. The third-order valence-corrected chi connectivity index (χ3v) is 4.49. The molecule has 0 heterocycles. The fourth-order valence-electron chi connectivity index (χ4n) is 3.15. The Morgan fingerprint density at radius 3 is 2.67 bits per heavy atom. The highest BCUT2D eigenvalue weighted by Gasteiger charge is 2.17. The number of aryl methyl sites for hydroxylation is 1. The lowest BCUT2D eigenvalue weighted by Crippen LogP contribution is -2.17. The molecule has 0 aliphatic heterocycles. The summed E-state index contributed by atoms with van der Waals surface area (Å²) >= 11 is 0. The summed E-state index contributed by atoms with van der Waals surface area (Å²) in [7, 11) is 0.